The highest BCUT2D eigenvalue weighted by molar-refractivity contribution is 5.34. The molecule has 1 aromatic carbocycles. The van der Waals surface area contributed by atoms with Gasteiger partial charge >= 0.3 is 5.69 Å². The number of hydrogen-bond acceptors (Lipinski definition) is 4. The van der Waals surface area contributed by atoms with Gasteiger partial charge in [-0.25, -0.2) is 0 Å². The summed E-state index contributed by atoms with van der Waals surface area (Å²) in [6, 6.07) is 5.69. The Kier molecular flexibility index (Phi) is 3.69. The zero-order valence-corrected chi connectivity index (χ0v) is 9.43. The monoisotopic (exact) mass is 250 g/mol. The number of rotatable bonds is 5. The normalized spacial score (nSPS) is 10.5. The number of nitro groups is 1. The van der Waals surface area contributed by atoms with Crippen LogP contribution in [-0.2, 0) is 13.1 Å². The Labute approximate surface area is 102 Å². The van der Waals surface area contributed by atoms with Gasteiger partial charge in [0.05, 0.1) is 17.4 Å². The van der Waals surface area contributed by atoms with Crippen LogP contribution in [0.25, 0.3) is 0 Å². The molecule has 5 nitrogen and oxygen atoms in total. The van der Waals surface area contributed by atoms with Crippen molar-refractivity contribution in [1.82, 2.24) is 5.32 Å². The molecule has 0 unspecified atom stereocenters. The van der Waals surface area contributed by atoms with Crippen LogP contribution in [0, 0.1) is 15.9 Å². The van der Waals surface area contributed by atoms with Crippen LogP contribution in [0.3, 0.4) is 0 Å². The first-order valence-corrected chi connectivity index (χ1v) is 5.31. The first-order chi connectivity index (χ1) is 8.66. The molecule has 0 saturated heterocycles. The second kappa shape index (κ2) is 5.42. The van der Waals surface area contributed by atoms with Crippen LogP contribution >= 0.6 is 0 Å². The standard InChI is InChI=1S/C12H11FN2O3/c13-11-5-9(1-2-12(11)15(16)17)6-14-7-10-3-4-18-8-10/h1-5,8,14H,6-7H2. The van der Waals surface area contributed by atoms with E-state index in [0.29, 0.717) is 18.7 Å². The second-order valence-electron chi connectivity index (χ2n) is 3.78. The van der Waals surface area contributed by atoms with Gasteiger partial charge < -0.3 is 9.73 Å². The van der Waals surface area contributed by atoms with Gasteiger partial charge in [0.25, 0.3) is 0 Å². The van der Waals surface area contributed by atoms with Gasteiger partial charge in [0, 0.05) is 24.7 Å². The van der Waals surface area contributed by atoms with E-state index in [1.54, 1.807) is 12.5 Å². The van der Waals surface area contributed by atoms with Crippen molar-refractivity contribution in [2.75, 3.05) is 0 Å². The fourth-order valence-corrected chi connectivity index (χ4v) is 1.55. The number of hydrogen-bond donors (Lipinski definition) is 1. The molecule has 0 fully saturated rings. The summed E-state index contributed by atoms with van der Waals surface area (Å²) in [4.78, 5) is 9.70. The lowest BCUT2D eigenvalue weighted by Gasteiger charge is -2.03. The van der Waals surface area contributed by atoms with Crippen molar-refractivity contribution < 1.29 is 13.7 Å². The lowest BCUT2D eigenvalue weighted by molar-refractivity contribution is -0.387. The number of nitro benzene ring substituents is 1. The molecule has 0 saturated carbocycles. The number of furan rings is 1. The molecule has 2 rings (SSSR count). The van der Waals surface area contributed by atoms with Gasteiger partial charge in [-0.2, -0.15) is 4.39 Å². The molecule has 0 aliphatic heterocycles. The van der Waals surface area contributed by atoms with Gasteiger partial charge in [-0.3, -0.25) is 10.1 Å². The third-order valence-electron chi connectivity index (χ3n) is 2.45. The molecule has 0 atom stereocenters. The highest BCUT2D eigenvalue weighted by Crippen LogP contribution is 2.17. The van der Waals surface area contributed by atoms with E-state index in [1.165, 1.54) is 18.2 Å². The molecule has 0 aliphatic carbocycles. The molecule has 0 spiro atoms. The average molecular weight is 250 g/mol. The third-order valence-corrected chi connectivity index (χ3v) is 2.45. The largest absolute Gasteiger partial charge is 0.472 e. The molecule has 0 bridgehead atoms. The molecule has 1 aromatic heterocycles. The van der Waals surface area contributed by atoms with E-state index >= 15 is 0 Å². The number of benzene rings is 1. The predicted octanol–water partition coefficient (Wildman–Crippen LogP) is 2.62. The maximum absolute atomic E-state index is 13.3. The fraction of sp³-hybridized carbons (Fsp3) is 0.167. The highest BCUT2D eigenvalue weighted by Gasteiger charge is 2.13. The Balaban J connectivity index is 1.94. The zero-order chi connectivity index (χ0) is 13.0. The molecule has 1 heterocycles. The minimum absolute atomic E-state index is 0.431. The maximum Gasteiger partial charge on any atom is 0.304 e. The van der Waals surface area contributed by atoms with Gasteiger partial charge in [-0.1, -0.05) is 6.07 Å². The average Bonchev–Trinajstić information content (AvgIpc) is 2.81. The van der Waals surface area contributed by atoms with Gasteiger partial charge in [-0.15, -0.1) is 0 Å². The molecule has 18 heavy (non-hydrogen) atoms. The lowest BCUT2D eigenvalue weighted by Crippen LogP contribution is -2.12. The summed E-state index contributed by atoms with van der Waals surface area (Å²) in [6.07, 6.45) is 3.19. The van der Waals surface area contributed by atoms with Crippen molar-refractivity contribution in [3.8, 4) is 0 Å². The highest BCUT2D eigenvalue weighted by atomic mass is 19.1. The summed E-state index contributed by atoms with van der Waals surface area (Å²) in [5.41, 5.74) is 1.13. The third kappa shape index (κ3) is 2.92. The van der Waals surface area contributed by atoms with Crippen LogP contribution in [0.5, 0.6) is 0 Å². The Morgan fingerprint density at radius 1 is 1.28 bits per heavy atom. The van der Waals surface area contributed by atoms with E-state index in [9.17, 15) is 14.5 Å². The van der Waals surface area contributed by atoms with Crippen LogP contribution < -0.4 is 5.32 Å². The zero-order valence-electron chi connectivity index (χ0n) is 9.43. The lowest BCUT2D eigenvalue weighted by atomic mass is 10.2. The number of nitrogens with zero attached hydrogens (tertiary/aromatic N) is 1. The van der Waals surface area contributed by atoms with E-state index in [-0.39, 0.29) is 0 Å². The predicted molar refractivity (Wildman–Crippen MR) is 62.3 cm³/mol. The van der Waals surface area contributed by atoms with Gasteiger partial charge in [0.2, 0.25) is 5.82 Å². The Morgan fingerprint density at radius 3 is 2.67 bits per heavy atom. The Morgan fingerprint density at radius 2 is 2.06 bits per heavy atom. The van der Waals surface area contributed by atoms with E-state index in [4.69, 9.17) is 4.42 Å². The van der Waals surface area contributed by atoms with E-state index in [2.05, 4.69) is 5.32 Å². The summed E-state index contributed by atoms with van der Waals surface area (Å²) in [5, 5.41) is 13.5. The van der Waals surface area contributed by atoms with Crippen LogP contribution in [0.15, 0.2) is 41.2 Å². The van der Waals surface area contributed by atoms with E-state index in [1.807, 2.05) is 6.07 Å². The van der Waals surface area contributed by atoms with Crippen LogP contribution in [0.1, 0.15) is 11.1 Å². The number of nitrogens with one attached hydrogen (secondary N) is 1. The number of halogens is 1. The molecule has 2 aromatic rings. The van der Waals surface area contributed by atoms with Crippen molar-refractivity contribution in [3.05, 3.63) is 63.9 Å². The summed E-state index contributed by atoms with van der Waals surface area (Å²) in [7, 11) is 0. The van der Waals surface area contributed by atoms with Crippen molar-refractivity contribution in [2.45, 2.75) is 13.1 Å². The summed E-state index contributed by atoms with van der Waals surface area (Å²) in [5.74, 6) is -0.817. The Bertz CT molecular complexity index is 540. The second-order valence-corrected chi connectivity index (χ2v) is 3.78. The van der Waals surface area contributed by atoms with E-state index in [0.717, 1.165) is 5.56 Å². The SMILES string of the molecule is O=[N+]([O-])c1ccc(CNCc2ccoc2)cc1F. The van der Waals surface area contributed by atoms with Crippen molar-refractivity contribution in [1.29, 1.82) is 0 Å². The molecule has 6 heteroatoms. The quantitative estimate of drug-likeness (QED) is 0.654. The van der Waals surface area contributed by atoms with Crippen LogP contribution in [0.2, 0.25) is 0 Å². The van der Waals surface area contributed by atoms with Crippen LogP contribution in [0.4, 0.5) is 10.1 Å². The molecular weight excluding hydrogens is 239 g/mol. The first kappa shape index (κ1) is 12.3. The smallest absolute Gasteiger partial charge is 0.304 e. The van der Waals surface area contributed by atoms with Crippen molar-refractivity contribution in [3.63, 3.8) is 0 Å². The van der Waals surface area contributed by atoms with Crippen molar-refractivity contribution >= 4 is 5.69 Å². The summed E-state index contributed by atoms with van der Waals surface area (Å²) >= 11 is 0. The van der Waals surface area contributed by atoms with Gasteiger partial charge in [-0.05, 0) is 17.7 Å². The van der Waals surface area contributed by atoms with Gasteiger partial charge in [0.1, 0.15) is 0 Å². The first-order valence-electron chi connectivity index (χ1n) is 5.31. The Hall–Kier alpha value is -2.21. The molecule has 0 amide bonds. The minimum atomic E-state index is -0.817. The van der Waals surface area contributed by atoms with Crippen molar-refractivity contribution in [2.24, 2.45) is 0 Å². The fourth-order valence-electron chi connectivity index (χ4n) is 1.55. The van der Waals surface area contributed by atoms with E-state index < -0.39 is 16.4 Å². The maximum atomic E-state index is 13.3. The summed E-state index contributed by atoms with van der Waals surface area (Å²) in [6.45, 7) is 1.02. The topological polar surface area (TPSA) is 68.3 Å². The molecular formula is C12H11FN2O3. The molecule has 1 N–H and O–H groups in total. The summed E-state index contributed by atoms with van der Waals surface area (Å²) < 4.78 is 18.2. The van der Waals surface area contributed by atoms with Gasteiger partial charge in [0.15, 0.2) is 0 Å². The molecule has 0 aliphatic rings. The molecule has 94 valence electrons. The van der Waals surface area contributed by atoms with Crippen LogP contribution in [-0.4, -0.2) is 4.92 Å². The molecule has 0 radical (unpaired) electrons. The minimum Gasteiger partial charge on any atom is -0.472 e.